The van der Waals surface area contributed by atoms with Crippen molar-refractivity contribution in [3.8, 4) is 0 Å². The average molecular weight is 294 g/mol. The highest BCUT2D eigenvalue weighted by molar-refractivity contribution is 6.07. The van der Waals surface area contributed by atoms with Crippen molar-refractivity contribution >= 4 is 17.5 Å². The Morgan fingerprint density at radius 3 is 2.59 bits per heavy atom. The molecular formula is C17H18N4O. The van der Waals surface area contributed by atoms with Crippen LogP contribution in [0.2, 0.25) is 0 Å². The number of rotatable bonds is 1. The number of amides is 1. The van der Waals surface area contributed by atoms with Crippen LogP contribution < -0.4 is 9.80 Å². The van der Waals surface area contributed by atoms with Crippen LogP contribution in [0.25, 0.3) is 0 Å². The molecule has 2 aromatic rings. The zero-order valence-electron chi connectivity index (χ0n) is 12.6. The van der Waals surface area contributed by atoms with Gasteiger partial charge in [0, 0.05) is 37.7 Å². The third-order valence-electron chi connectivity index (χ3n) is 4.54. The number of hydrogen-bond donors (Lipinski definition) is 0. The Kier molecular flexibility index (Phi) is 3.06. The minimum absolute atomic E-state index is 0.000391. The topological polar surface area (TPSA) is 49.3 Å². The first-order valence-electron chi connectivity index (χ1n) is 7.70. The largest absolute Gasteiger partial charge is 0.356 e. The molecule has 3 heterocycles. The van der Waals surface area contributed by atoms with Crippen molar-refractivity contribution < 1.29 is 4.79 Å². The van der Waals surface area contributed by atoms with E-state index >= 15 is 0 Å². The molecule has 0 spiro atoms. The fourth-order valence-electron chi connectivity index (χ4n) is 3.39. The third-order valence-corrected chi connectivity index (χ3v) is 4.54. The molecule has 0 radical (unpaired) electrons. The quantitative estimate of drug-likeness (QED) is 0.809. The van der Waals surface area contributed by atoms with Gasteiger partial charge in [0.2, 0.25) is 0 Å². The number of anilines is 2. The molecule has 2 aliphatic heterocycles. The molecule has 0 unspecified atom stereocenters. The number of fused-ring (bicyclic) bond motifs is 2. The first-order valence-corrected chi connectivity index (χ1v) is 7.70. The van der Waals surface area contributed by atoms with Crippen LogP contribution in [0.3, 0.4) is 0 Å². The predicted molar refractivity (Wildman–Crippen MR) is 85.5 cm³/mol. The van der Waals surface area contributed by atoms with Gasteiger partial charge in [0.25, 0.3) is 5.91 Å². The van der Waals surface area contributed by atoms with Crippen molar-refractivity contribution in [2.24, 2.45) is 0 Å². The normalized spacial score (nSPS) is 17.2. The van der Waals surface area contributed by atoms with Crippen LogP contribution in [-0.4, -0.2) is 36.0 Å². The summed E-state index contributed by atoms with van der Waals surface area (Å²) in [5.74, 6) is 1.72. The highest BCUT2D eigenvalue weighted by Gasteiger charge is 2.29. The first-order chi connectivity index (χ1) is 10.8. The van der Waals surface area contributed by atoms with Crippen LogP contribution in [0.15, 0.2) is 30.6 Å². The molecule has 0 N–H and O–H groups in total. The lowest BCUT2D eigenvalue weighted by Crippen LogP contribution is -2.28. The molecule has 1 aromatic carbocycles. The molecule has 0 atom stereocenters. The standard InChI is InChI=1S/C17H18N4O/c1-20-15-14(10-12-6-2-3-7-13(12)17(20)22)16(19-11-18-15)21-8-4-5-9-21/h2-3,6-7,11H,4-5,8-10H2,1H3. The summed E-state index contributed by atoms with van der Waals surface area (Å²) in [6.45, 7) is 2.06. The maximum atomic E-state index is 12.7. The van der Waals surface area contributed by atoms with Gasteiger partial charge in [0.15, 0.2) is 0 Å². The SMILES string of the molecule is CN1C(=O)c2ccccc2Cc2c(N3CCCC3)ncnc21. The summed E-state index contributed by atoms with van der Waals surface area (Å²) < 4.78 is 0. The van der Waals surface area contributed by atoms with Gasteiger partial charge in [0.1, 0.15) is 18.0 Å². The number of hydrogen-bond acceptors (Lipinski definition) is 4. The minimum atomic E-state index is 0.000391. The van der Waals surface area contributed by atoms with E-state index in [0.717, 1.165) is 41.4 Å². The summed E-state index contributed by atoms with van der Waals surface area (Å²) in [6, 6.07) is 7.81. The Morgan fingerprint density at radius 2 is 1.77 bits per heavy atom. The second kappa shape index (κ2) is 5.09. The molecule has 1 fully saturated rings. The highest BCUT2D eigenvalue weighted by Crippen LogP contribution is 2.34. The summed E-state index contributed by atoms with van der Waals surface area (Å²) in [7, 11) is 1.80. The predicted octanol–water partition coefficient (Wildman–Crippen LogP) is 2.26. The number of carbonyl (C=O) groups excluding carboxylic acids is 1. The molecule has 5 nitrogen and oxygen atoms in total. The summed E-state index contributed by atoms with van der Waals surface area (Å²) in [5, 5.41) is 0. The van der Waals surface area contributed by atoms with E-state index in [1.807, 2.05) is 24.3 Å². The number of aromatic nitrogens is 2. The zero-order valence-corrected chi connectivity index (χ0v) is 12.6. The third kappa shape index (κ3) is 1.96. The van der Waals surface area contributed by atoms with E-state index in [-0.39, 0.29) is 5.91 Å². The Balaban J connectivity index is 1.89. The Labute approximate surface area is 129 Å². The Morgan fingerprint density at radius 1 is 1.05 bits per heavy atom. The monoisotopic (exact) mass is 294 g/mol. The van der Waals surface area contributed by atoms with Crippen LogP contribution in [0.5, 0.6) is 0 Å². The van der Waals surface area contributed by atoms with Crippen molar-refractivity contribution in [2.45, 2.75) is 19.3 Å². The maximum Gasteiger partial charge on any atom is 0.259 e. The number of nitrogens with zero attached hydrogens (tertiary/aromatic N) is 4. The van der Waals surface area contributed by atoms with Gasteiger partial charge in [-0.25, -0.2) is 9.97 Å². The van der Waals surface area contributed by atoms with E-state index in [1.54, 1.807) is 18.3 Å². The summed E-state index contributed by atoms with van der Waals surface area (Å²) >= 11 is 0. The van der Waals surface area contributed by atoms with Gasteiger partial charge in [0.05, 0.1) is 0 Å². The van der Waals surface area contributed by atoms with E-state index in [1.165, 1.54) is 12.8 Å². The maximum absolute atomic E-state index is 12.7. The molecule has 0 saturated carbocycles. The molecule has 2 aliphatic rings. The van der Waals surface area contributed by atoms with Gasteiger partial charge in [-0.2, -0.15) is 0 Å². The molecule has 1 aromatic heterocycles. The van der Waals surface area contributed by atoms with Gasteiger partial charge in [-0.15, -0.1) is 0 Å². The lowest BCUT2D eigenvalue weighted by atomic mass is 10.0. The molecule has 1 amide bonds. The molecule has 22 heavy (non-hydrogen) atoms. The Hall–Kier alpha value is -2.43. The zero-order chi connectivity index (χ0) is 15.1. The fourth-order valence-corrected chi connectivity index (χ4v) is 3.39. The average Bonchev–Trinajstić information content (AvgIpc) is 3.05. The van der Waals surface area contributed by atoms with Gasteiger partial charge >= 0.3 is 0 Å². The number of benzene rings is 1. The van der Waals surface area contributed by atoms with Crippen molar-refractivity contribution in [2.75, 3.05) is 29.9 Å². The van der Waals surface area contributed by atoms with Crippen LogP contribution in [0.4, 0.5) is 11.6 Å². The molecule has 4 rings (SSSR count). The molecule has 0 bridgehead atoms. The Bertz CT molecular complexity index is 737. The lowest BCUT2D eigenvalue weighted by molar-refractivity contribution is 0.0992. The van der Waals surface area contributed by atoms with Gasteiger partial charge < -0.3 is 4.90 Å². The minimum Gasteiger partial charge on any atom is -0.356 e. The van der Waals surface area contributed by atoms with Crippen LogP contribution in [0.1, 0.15) is 34.3 Å². The van der Waals surface area contributed by atoms with Gasteiger partial charge in [-0.05, 0) is 24.5 Å². The van der Waals surface area contributed by atoms with Crippen LogP contribution in [0, 0.1) is 0 Å². The first kappa shape index (κ1) is 13.2. The second-order valence-electron chi connectivity index (χ2n) is 5.89. The fraction of sp³-hybridized carbons (Fsp3) is 0.353. The van der Waals surface area contributed by atoms with E-state index < -0.39 is 0 Å². The van der Waals surface area contributed by atoms with Crippen LogP contribution >= 0.6 is 0 Å². The molecule has 1 saturated heterocycles. The van der Waals surface area contributed by atoms with Crippen molar-refractivity contribution in [1.29, 1.82) is 0 Å². The van der Waals surface area contributed by atoms with Crippen molar-refractivity contribution in [3.63, 3.8) is 0 Å². The van der Waals surface area contributed by atoms with Crippen LogP contribution in [-0.2, 0) is 6.42 Å². The van der Waals surface area contributed by atoms with E-state index in [4.69, 9.17) is 0 Å². The highest BCUT2D eigenvalue weighted by atomic mass is 16.2. The summed E-state index contributed by atoms with van der Waals surface area (Å²) in [6.07, 6.45) is 4.68. The molecule has 0 aliphatic carbocycles. The summed E-state index contributed by atoms with van der Waals surface area (Å²) in [4.78, 5) is 25.6. The molecule has 112 valence electrons. The van der Waals surface area contributed by atoms with Crippen molar-refractivity contribution in [3.05, 3.63) is 47.3 Å². The smallest absolute Gasteiger partial charge is 0.259 e. The van der Waals surface area contributed by atoms with Gasteiger partial charge in [-0.3, -0.25) is 9.69 Å². The van der Waals surface area contributed by atoms with E-state index in [9.17, 15) is 4.79 Å². The van der Waals surface area contributed by atoms with E-state index in [0.29, 0.717) is 6.42 Å². The van der Waals surface area contributed by atoms with Gasteiger partial charge in [-0.1, -0.05) is 18.2 Å². The summed E-state index contributed by atoms with van der Waals surface area (Å²) in [5.41, 5.74) is 2.87. The number of carbonyl (C=O) groups is 1. The molecular weight excluding hydrogens is 276 g/mol. The second-order valence-corrected chi connectivity index (χ2v) is 5.89. The van der Waals surface area contributed by atoms with Crippen molar-refractivity contribution in [1.82, 2.24) is 9.97 Å². The molecule has 5 heteroatoms. The lowest BCUT2D eigenvalue weighted by Gasteiger charge is -2.22. The van der Waals surface area contributed by atoms with E-state index in [2.05, 4.69) is 14.9 Å².